The molecule has 0 atom stereocenters. The van der Waals surface area contributed by atoms with Crippen molar-refractivity contribution in [2.75, 3.05) is 7.11 Å². The normalized spacial score (nSPS) is 11.2. The van der Waals surface area contributed by atoms with E-state index in [0.29, 0.717) is 0 Å². The number of aryl methyl sites for hydroxylation is 1. The van der Waals surface area contributed by atoms with Crippen molar-refractivity contribution in [1.29, 1.82) is 0 Å². The van der Waals surface area contributed by atoms with Gasteiger partial charge in [0.15, 0.2) is 0 Å². The minimum absolute atomic E-state index is 0.832. The summed E-state index contributed by atoms with van der Waals surface area (Å²) in [6.07, 6.45) is 8.72. The second-order valence-corrected chi connectivity index (χ2v) is 5.18. The van der Waals surface area contributed by atoms with Gasteiger partial charge < -0.3 is 4.74 Å². The molecule has 0 unspecified atom stereocenters. The Bertz CT molecular complexity index is 655. The molecule has 0 aliphatic carbocycles. The van der Waals surface area contributed by atoms with Gasteiger partial charge in [0.05, 0.1) is 19.5 Å². The molecule has 2 aromatic rings. The van der Waals surface area contributed by atoms with Crippen molar-refractivity contribution >= 4 is 12.4 Å². The van der Waals surface area contributed by atoms with Gasteiger partial charge in [-0.15, -0.1) is 6.58 Å². The lowest BCUT2D eigenvalue weighted by Gasteiger charge is -2.00. The standard InChI is InChI=1S/C20H22N2O/c1-3-4-5-6-17-7-9-18(10-8-17)15-21-22-16-19-11-13-20(23-2)14-12-19/h3,7-16H,1,4-6H2,2H3. The van der Waals surface area contributed by atoms with Crippen LogP contribution in [0.3, 0.4) is 0 Å². The van der Waals surface area contributed by atoms with Gasteiger partial charge in [-0.25, -0.2) is 0 Å². The molecule has 2 aromatic carbocycles. The lowest BCUT2D eigenvalue weighted by molar-refractivity contribution is 0.415. The van der Waals surface area contributed by atoms with Crippen LogP contribution in [0.5, 0.6) is 5.75 Å². The van der Waals surface area contributed by atoms with E-state index in [1.54, 1.807) is 19.5 Å². The van der Waals surface area contributed by atoms with E-state index < -0.39 is 0 Å². The third kappa shape index (κ3) is 5.91. The summed E-state index contributed by atoms with van der Waals surface area (Å²) in [5, 5.41) is 8.15. The zero-order valence-corrected chi connectivity index (χ0v) is 13.5. The molecule has 0 N–H and O–H groups in total. The fraction of sp³-hybridized carbons (Fsp3) is 0.200. The van der Waals surface area contributed by atoms with Crippen LogP contribution in [0.25, 0.3) is 0 Å². The summed E-state index contributed by atoms with van der Waals surface area (Å²) in [7, 11) is 1.65. The third-order valence-electron chi connectivity index (χ3n) is 3.45. The van der Waals surface area contributed by atoms with Gasteiger partial charge in [-0.3, -0.25) is 0 Å². The zero-order valence-electron chi connectivity index (χ0n) is 13.5. The molecular formula is C20H22N2O. The van der Waals surface area contributed by atoms with Gasteiger partial charge in [-0.05, 0) is 60.2 Å². The van der Waals surface area contributed by atoms with Crippen LogP contribution in [0.2, 0.25) is 0 Å². The van der Waals surface area contributed by atoms with Gasteiger partial charge in [0.1, 0.15) is 5.75 Å². The maximum atomic E-state index is 5.11. The van der Waals surface area contributed by atoms with Gasteiger partial charge >= 0.3 is 0 Å². The van der Waals surface area contributed by atoms with Gasteiger partial charge in [0, 0.05) is 0 Å². The van der Waals surface area contributed by atoms with Crippen LogP contribution in [0.15, 0.2) is 71.4 Å². The number of hydrogen-bond acceptors (Lipinski definition) is 3. The molecule has 0 aliphatic rings. The van der Waals surface area contributed by atoms with Crippen molar-refractivity contribution in [1.82, 2.24) is 0 Å². The van der Waals surface area contributed by atoms with E-state index in [0.717, 1.165) is 36.1 Å². The molecule has 0 saturated heterocycles. The Kier molecular flexibility index (Phi) is 6.79. The van der Waals surface area contributed by atoms with Crippen molar-refractivity contribution in [3.05, 3.63) is 77.9 Å². The minimum atomic E-state index is 0.832. The fourth-order valence-electron chi connectivity index (χ4n) is 2.11. The largest absolute Gasteiger partial charge is 0.497 e. The van der Waals surface area contributed by atoms with Crippen molar-refractivity contribution < 1.29 is 4.74 Å². The Hall–Kier alpha value is -2.68. The van der Waals surface area contributed by atoms with E-state index >= 15 is 0 Å². The smallest absolute Gasteiger partial charge is 0.118 e. The highest BCUT2D eigenvalue weighted by molar-refractivity contribution is 5.82. The number of nitrogens with zero attached hydrogens (tertiary/aromatic N) is 2. The van der Waals surface area contributed by atoms with Crippen molar-refractivity contribution in [2.24, 2.45) is 10.2 Å². The highest BCUT2D eigenvalue weighted by Gasteiger charge is 1.93. The maximum absolute atomic E-state index is 5.11. The molecule has 0 heterocycles. The summed E-state index contributed by atoms with van der Waals surface area (Å²) in [5.41, 5.74) is 3.37. The summed E-state index contributed by atoms with van der Waals surface area (Å²) < 4.78 is 5.11. The number of allylic oxidation sites excluding steroid dienone is 1. The third-order valence-corrected chi connectivity index (χ3v) is 3.45. The number of ether oxygens (including phenoxy) is 1. The average molecular weight is 306 g/mol. The molecule has 0 spiro atoms. The molecule has 23 heavy (non-hydrogen) atoms. The average Bonchev–Trinajstić information content (AvgIpc) is 2.61. The van der Waals surface area contributed by atoms with Crippen LogP contribution >= 0.6 is 0 Å². The quantitative estimate of drug-likeness (QED) is 0.302. The van der Waals surface area contributed by atoms with Crippen molar-refractivity contribution in [3.8, 4) is 5.75 Å². The second kappa shape index (κ2) is 9.36. The van der Waals surface area contributed by atoms with E-state index in [1.807, 2.05) is 30.3 Å². The van der Waals surface area contributed by atoms with Crippen LogP contribution < -0.4 is 4.74 Å². The molecule has 0 aromatic heterocycles. The Labute approximate surface area is 138 Å². The topological polar surface area (TPSA) is 34.0 Å². The highest BCUT2D eigenvalue weighted by atomic mass is 16.5. The number of unbranched alkanes of at least 4 members (excludes halogenated alkanes) is 1. The van der Waals surface area contributed by atoms with Crippen molar-refractivity contribution in [2.45, 2.75) is 19.3 Å². The molecule has 0 aliphatic heterocycles. The molecule has 0 amide bonds. The van der Waals surface area contributed by atoms with Crippen LogP contribution in [-0.4, -0.2) is 19.5 Å². The van der Waals surface area contributed by atoms with Crippen LogP contribution in [0, 0.1) is 0 Å². The zero-order chi connectivity index (χ0) is 16.3. The van der Waals surface area contributed by atoms with Crippen LogP contribution in [-0.2, 0) is 6.42 Å². The fourth-order valence-corrected chi connectivity index (χ4v) is 2.11. The molecule has 3 nitrogen and oxygen atoms in total. The Balaban J connectivity index is 1.86. The SMILES string of the molecule is C=CCCCc1ccc(C=NN=Cc2ccc(OC)cc2)cc1. The summed E-state index contributed by atoms with van der Waals surface area (Å²) in [6.45, 7) is 3.74. The van der Waals surface area contributed by atoms with E-state index in [9.17, 15) is 0 Å². The number of rotatable bonds is 8. The Morgan fingerprint density at radius 2 is 1.48 bits per heavy atom. The summed E-state index contributed by atoms with van der Waals surface area (Å²) in [4.78, 5) is 0. The molecule has 3 heteroatoms. The van der Waals surface area contributed by atoms with Gasteiger partial charge in [-0.1, -0.05) is 30.3 Å². The van der Waals surface area contributed by atoms with Gasteiger partial charge in [0.25, 0.3) is 0 Å². The molecule has 0 saturated carbocycles. The molecule has 118 valence electrons. The summed E-state index contributed by atoms with van der Waals surface area (Å²) >= 11 is 0. The van der Waals surface area contributed by atoms with Gasteiger partial charge in [0.2, 0.25) is 0 Å². The lowest BCUT2D eigenvalue weighted by Crippen LogP contribution is -1.87. The molecule has 0 fully saturated rings. The first-order valence-corrected chi connectivity index (χ1v) is 7.72. The number of benzene rings is 2. The minimum Gasteiger partial charge on any atom is -0.497 e. The number of hydrogen-bond donors (Lipinski definition) is 0. The molecule has 2 rings (SSSR count). The Morgan fingerprint density at radius 3 is 2.00 bits per heavy atom. The Morgan fingerprint density at radius 1 is 0.913 bits per heavy atom. The maximum Gasteiger partial charge on any atom is 0.118 e. The highest BCUT2D eigenvalue weighted by Crippen LogP contribution is 2.10. The summed E-state index contributed by atoms with van der Waals surface area (Å²) in [6, 6.07) is 16.1. The second-order valence-electron chi connectivity index (χ2n) is 5.18. The monoisotopic (exact) mass is 306 g/mol. The first-order chi connectivity index (χ1) is 11.3. The van der Waals surface area contributed by atoms with Gasteiger partial charge in [-0.2, -0.15) is 10.2 Å². The molecule has 0 radical (unpaired) electrons. The first kappa shape index (κ1) is 16.7. The lowest BCUT2D eigenvalue weighted by atomic mass is 10.1. The van der Waals surface area contributed by atoms with E-state index in [-0.39, 0.29) is 0 Å². The summed E-state index contributed by atoms with van der Waals surface area (Å²) in [5.74, 6) is 0.832. The van der Waals surface area contributed by atoms with E-state index in [2.05, 4.69) is 41.0 Å². The van der Waals surface area contributed by atoms with Crippen LogP contribution in [0.1, 0.15) is 29.5 Å². The van der Waals surface area contributed by atoms with Crippen LogP contribution in [0.4, 0.5) is 0 Å². The molecular weight excluding hydrogens is 284 g/mol. The van der Waals surface area contributed by atoms with E-state index in [4.69, 9.17) is 4.74 Å². The first-order valence-electron chi connectivity index (χ1n) is 7.72. The predicted octanol–water partition coefficient (Wildman–Crippen LogP) is 4.66. The number of methoxy groups -OCH3 is 1. The molecule has 0 bridgehead atoms. The van der Waals surface area contributed by atoms with E-state index in [1.165, 1.54) is 5.56 Å². The predicted molar refractivity (Wildman–Crippen MR) is 97.8 cm³/mol. The van der Waals surface area contributed by atoms with Crippen molar-refractivity contribution in [3.63, 3.8) is 0 Å².